The van der Waals surface area contributed by atoms with Crippen molar-refractivity contribution in [3.8, 4) is 0 Å². The molecule has 1 amide bonds. The van der Waals surface area contributed by atoms with Gasteiger partial charge in [-0.15, -0.1) is 0 Å². The molecule has 0 aromatic heterocycles. The van der Waals surface area contributed by atoms with Crippen LogP contribution in [0.25, 0.3) is 0 Å². The molecule has 1 saturated heterocycles. The zero-order valence-corrected chi connectivity index (χ0v) is 15.2. The van der Waals surface area contributed by atoms with Crippen molar-refractivity contribution in [2.75, 3.05) is 37.6 Å². The molecule has 0 saturated carbocycles. The molecular weight excluding hydrogens is 329 g/mol. The fraction of sp³-hybridized carbons (Fsp3) is 0.381. The van der Waals surface area contributed by atoms with Gasteiger partial charge in [0.2, 0.25) is 5.91 Å². The minimum absolute atomic E-state index is 0.195. The molecule has 0 atom stereocenters. The largest absolute Gasteiger partial charge is 0.368 e. The van der Waals surface area contributed by atoms with E-state index in [9.17, 15) is 9.18 Å². The summed E-state index contributed by atoms with van der Waals surface area (Å²) in [6.07, 6.45) is 0.492. The van der Waals surface area contributed by atoms with E-state index in [1.807, 2.05) is 4.90 Å². The maximum atomic E-state index is 12.9. The molecule has 3 rings (SSSR count). The highest BCUT2D eigenvalue weighted by atomic mass is 19.1. The van der Waals surface area contributed by atoms with Crippen molar-refractivity contribution in [2.24, 2.45) is 0 Å². The van der Waals surface area contributed by atoms with E-state index in [0.29, 0.717) is 19.5 Å². The molecule has 0 radical (unpaired) electrons. The molecule has 0 spiro atoms. The molecular formula is C21H26FN3O. The molecule has 2 aromatic rings. The lowest BCUT2D eigenvalue weighted by atomic mass is 10.2. The summed E-state index contributed by atoms with van der Waals surface area (Å²) in [5.74, 6) is -0.0331. The minimum atomic E-state index is -0.228. The highest BCUT2D eigenvalue weighted by Crippen LogP contribution is 2.18. The molecule has 26 heavy (non-hydrogen) atoms. The van der Waals surface area contributed by atoms with Gasteiger partial charge in [0.05, 0.1) is 0 Å². The molecule has 4 nitrogen and oxygen atoms in total. The normalized spacial score (nSPS) is 14.5. The van der Waals surface area contributed by atoms with Crippen LogP contribution in [0.4, 0.5) is 10.1 Å². The monoisotopic (exact) mass is 355 g/mol. The minimum Gasteiger partial charge on any atom is -0.368 e. The zero-order valence-electron chi connectivity index (χ0n) is 15.2. The Kier molecular flexibility index (Phi) is 6.23. The van der Waals surface area contributed by atoms with Crippen LogP contribution in [0.5, 0.6) is 0 Å². The molecule has 1 aliphatic rings. The third-order valence-electron chi connectivity index (χ3n) is 4.76. The smallest absolute Gasteiger partial charge is 0.223 e. The van der Waals surface area contributed by atoms with E-state index in [1.165, 1.54) is 23.4 Å². The van der Waals surface area contributed by atoms with Gasteiger partial charge < -0.3 is 15.1 Å². The first kappa shape index (κ1) is 18.4. The number of carbonyl (C=O) groups excluding carboxylic acids is 1. The first-order chi connectivity index (χ1) is 12.6. The van der Waals surface area contributed by atoms with E-state index >= 15 is 0 Å². The number of amides is 1. The molecule has 1 fully saturated rings. The number of hydrogen-bond acceptors (Lipinski definition) is 3. The highest BCUT2D eigenvalue weighted by Gasteiger charge is 2.20. The molecule has 5 heteroatoms. The fourth-order valence-electron chi connectivity index (χ4n) is 3.23. The van der Waals surface area contributed by atoms with Crippen molar-refractivity contribution in [1.29, 1.82) is 0 Å². The van der Waals surface area contributed by atoms with Gasteiger partial charge in [0.1, 0.15) is 5.82 Å². The maximum absolute atomic E-state index is 12.9. The number of hydrogen-bond donors (Lipinski definition) is 1. The van der Waals surface area contributed by atoms with Gasteiger partial charge in [-0.25, -0.2) is 4.39 Å². The van der Waals surface area contributed by atoms with Crippen LogP contribution in [0.1, 0.15) is 17.5 Å². The number of piperazine rings is 1. The molecule has 2 aromatic carbocycles. The van der Waals surface area contributed by atoms with E-state index in [0.717, 1.165) is 31.7 Å². The van der Waals surface area contributed by atoms with Crippen molar-refractivity contribution >= 4 is 11.6 Å². The summed E-state index contributed by atoms with van der Waals surface area (Å²) in [6.45, 7) is 6.66. The van der Waals surface area contributed by atoms with Crippen LogP contribution in [0.3, 0.4) is 0 Å². The average Bonchev–Trinajstić information content (AvgIpc) is 2.66. The molecule has 1 heterocycles. The third-order valence-corrected chi connectivity index (χ3v) is 4.76. The van der Waals surface area contributed by atoms with Crippen LogP contribution in [0, 0.1) is 12.7 Å². The van der Waals surface area contributed by atoms with Gasteiger partial charge in [0.15, 0.2) is 0 Å². The molecule has 0 bridgehead atoms. The quantitative estimate of drug-likeness (QED) is 0.810. The second-order valence-corrected chi connectivity index (χ2v) is 6.76. The Labute approximate surface area is 154 Å². The predicted octanol–water partition coefficient (Wildman–Crippen LogP) is 2.96. The fourth-order valence-corrected chi connectivity index (χ4v) is 3.23. The van der Waals surface area contributed by atoms with Crippen LogP contribution in [0.15, 0.2) is 48.5 Å². The van der Waals surface area contributed by atoms with Crippen molar-refractivity contribution in [3.05, 3.63) is 65.5 Å². The summed E-state index contributed by atoms with van der Waals surface area (Å²) in [5.41, 5.74) is 3.51. The number of rotatable bonds is 6. The van der Waals surface area contributed by atoms with Gasteiger partial charge in [-0.3, -0.25) is 4.79 Å². The van der Waals surface area contributed by atoms with Gasteiger partial charge in [-0.2, -0.15) is 0 Å². The van der Waals surface area contributed by atoms with Gasteiger partial charge in [0, 0.05) is 51.4 Å². The second kappa shape index (κ2) is 8.81. The van der Waals surface area contributed by atoms with E-state index < -0.39 is 0 Å². The predicted molar refractivity (Wildman–Crippen MR) is 103 cm³/mol. The number of aryl methyl sites for hydroxylation is 1. The summed E-state index contributed by atoms with van der Waals surface area (Å²) in [5, 5.41) is 3.25. The van der Waals surface area contributed by atoms with E-state index in [-0.39, 0.29) is 11.7 Å². The van der Waals surface area contributed by atoms with Crippen LogP contribution >= 0.6 is 0 Å². The molecule has 1 N–H and O–H groups in total. The van der Waals surface area contributed by atoms with E-state index in [4.69, 9.17) is 0 Å². The first-order valence-corrected chi connectivity index (χ1v) is 9.16. The number of carbonyl (C=O) groups is 1. The molecule has 0 aliphatic carbocycles. The molecule has 0 unspecified atom stereocenters. The summed E-state index contributed by atoms with van der Waals surface area (Å²) in [6, 6.07) is 14.9. The topological polar surface area (TPSA) is 35.6 Å². The number of benzene rings is 2. The molecule has 1 aliphatic heterocycles. The Morgan fingerprint density at radius 2 is 1.81 bits per heavy atom. The van der Waals surface area contributed by atoms with Crippen LogP contribution in [0.2, 0.25) is 0 Å². The van der Waals surface area contributed by atoms with Crippen molar-refractivity contribution in [2.45, 2.75) is 19.9 Å². The Hall–Kier alpha value is -2.40. The lowest BCUT2D eigenvalue weighted by molar-refractivity contribution is -0.131. The maximum Gasteiger partial charge on any atom is 0.223 e. The summed E-state index contributed by atoms with van der Waals surface area (Å²) < 4.78 is 12.9. The summed E-state index contributed by atoms with van der Waals surface area (Å²) >= 11 is 0. The van der Waals surface area contributed by atoms with Gasteiger partial charge in [0.25, 0.3) is 0 Å². The van der Waals surface area contributed by atoms with E-state index in [1.54, 1.807) is 12.1 Å². The number of nitrogens with one attached hydrogen (secondary N) is 1. The van der Waals surface area contributed by atoms with Crippen molar-refractivity contribution < 1.29 is 9.18 Å². The third kappa shape index (κ3) is 5.05. The Morgan fingerprint density at radius 1 is 1.08 bits per heavy atom. The number of anilines is 1. The van der Waals surface area contributed by atoms with Crippen LogP contribution in [-0.4, -0.2) is 43.5 Å². The Balaban J connectivity index is 1.37. The Bertz CT molecular complexity index is 724. The summed E-state index contributed by atoms with van der Waals surface area (Å²) in [4.78, 5) is 16.7. The van der Waals surface area contributed by atoms with Crippen LogP contribution < -0.4 is 10.2 Å². The zero-order chi connectivity index (χ0) is 18.4. The van der Waals surface area contributed by atoms with Gasteiger partial charge >= 0.3 is 0 Å². The number of nitrogens with zero attached hydrogens (tertiary/aromatic N) is 2. The van der Waals surface area contributed by atoms with Crippen molar-refractivity contribution in [1.82, 2.24) is 10.2 Å². The number of halogens is 1. The van der Waals surface area contributed by atoms with E-state index in [2.05, 4.69) is 41.4 Å². The second-order valence-electron chi connectivity index (χ2n) is 6.76. The van der Waals surface area contributed by atoms with Crippen molar-refractivity contribution in [3.63, 3.8) is 0 Å². The summed E-state index contributed by atoms with van der Waals surface area (Å²) in [7, 11) is 0. The first-order valence-electron chi connectivity index (χ1n) is 9.16. The molecule has 138 valence electrons. The SMILES string of the molecule is Cc1cccc(N2CCN(C(=O)CCNCc3ccc(F)cc3)CC2)c1. The lowest BCUT2D eigenvalue weighted by Gasteiger charge is -2.36. The van der Waals surface area contributed by atoms with Gasteiger partial charge in [-0.05, 0) is 42.3 Å². The average molecular weight is 355 g/mol. The standard InChI is InChI=1S/C21H26FN3O/c1-17-3-2-4-20(15-17)24-11-13-25(14-12-24)21(26)9-10-23-16-18-5-7-19(22)8-6-18/h2-8,15,23H,9-14,16H2,1H3. The highest BCUT2D eigenvalue weighted by molar-refractivity contribution is 5.76. The Morgan fingerprint density at radius 3 is 2.50 bits per heavy atom. The van der Waals surface area contributed by atoms with Crippen LogP contribution in [-0.2, 0) is 11.3 Å². The lowest BCUT2D eigenvalue weighted by Crippen LogP contribution is -2.49. The van der Waals surface area contributed by atoms with Gasteiger partial charge in [-0.1, -0.05) is 24.3 Å².